The molecule has 0 spiro atoms. The van der Waals surface area contributed by atoms with Gasteiger partial charge in [-0.05, 0) is 24.3 Å². The van der Waals surface area contributed by atoms with Crippen LogP contribution in [0.3, 0.4) is 0 Å². The second-order valence-electron chi connectivity index (χ2n) is 3.13. The first kappa shape index (κ1) is 9.80. The van der Waals surface area contributed by atoms with Crippen LogP contribution in [-0.2, 0) is 4.79 Å². The van der Waals surface area contributed by atoms with Crippen molar-refractivity contribution in [3.63, 3.8) is 0 Å². The molecule has 0 aliphatic carbocycles. The van der Waals surface area contributed by atoms with Crippen molar-refractivity contribution in [2.24, 2.45) is 5.73 Å². The van der Waals surface area contributed by atoms with Gasteiger partial charge in [0.15, 0.2) is 0 Å². The molecule has 1 rings (SSSR count). The number of carboxylic acid groups (broad SMARTS) is 1. The minimum Gasteiger partial charge on any atom is -0.481 e. The molecule has 4 N–H and O–H groups in total. The summed E-state index contributed by atoms with van der Waals surface area (Å²) in [5.74, 6) is -0.840. The Morgan fingerprint density at radius 1 is 1.77 bits per heavy atom. The summed E-state index contributed by atoms with van der Waals surface area (Å²) in [6.07, 6.45) is 6.39. The monoisotopic (exact) mass is 182 g/mol. The van der Waals surface area contributed by atoms with Crippen LogP contribution < -0.4 is 11.1 Å². The average Bonchev–Trinajstić information content (AvgIpc) is 2.04. The van der Waals surface area contributed by atoms with E-state index >= 15 is 0 Å². The summed E-state index contributed by atoms with van der Waals surface area (Å²) < 4.78 is 0. The highest BCUT2D eigenvalue weighted by Crippen LogP contribution is 2.08. The molecule has 0 aromatic heterocycles. The zero-order valence-electron chi connectivity index (χ0n) is 7.36. The van der Waals surface area contributed by atoms with Crippen molar-refractivity contribution in [1.29, 1.82) is 0 Å². The van der Waals surface area contributed by atoms with Crippen LogP contribution >= 0.6 is 0 Å². The second-order valence-corrected chi connectivity index (χ2v) is 3.13. The van der Waals surface area contributed by atoms with E-state index in [1.165, 1.54) is 0 Å². The average molecular weight is 182 g/mol. The van der Waals surface area contributed by atoms with Crippen molar-refractivity contribution in [3.8, 4) is 0 Å². The maximum absolute atomic E-state index is 10.3. The lowest BCUT2D eigenvalue weighted by Crippen LogP contribution is -2.26. The van der Waals surface area contributed by atoms with Crippen molar-refractivity contribution in [2.45, 2.75) is 18.9 Å². The van der Waals surface area contributed by atoms with Crippen LogP contribution in [0.25, 0.3) is 0 Å². The van der Waals surface area contributed by atoms with E-state index in [1.807, 2.05) is 18.4 Å². The number of allylic oxidation sites excluding steroid dienone is 2. The second kappa shape index (κ2) is 4.67. The summed E-state index contributed by atoms with van der Waals surface area (Å²) in [4.78, 5) is 10.3. The topological polar surface area (TPSA) is 75.4 Å². The maximum Gasteiger partial charge on any atom is 0.304 e. The molecule has 0 unspecified atom stereocenters. The first-order valence-corrected chi connectivity index (χ1v) is 4.24. The molecule has 0 radical (unpaired) electrons. The lowest BCUT2D eigenvalue weighted by Gasteiger charge is -2.14. The minimum absolute atomic E-state index is 0.0288. The van der Waals surface area contributed by atoms with Gasteiger partial charge in [-0.1, -0.05) is 6.08 Å². The molecule has 0 saturated heterocycles. The zero-order valence-corrected chi connectivity index (χ0v) is 7.36. The van der Waals surface area contributed by atoms with Gasteiger partial charge in [0.1, 0.15) is 0 Å². The standard InChI is InChI=1S/C9H14N2O2/c10-8(5-9(12)13)4-7-2-1-3-11-6-7/h1-3,8,11H,4-6,10H2,(H,12,13)/t8-/m1/s1. The molecule has 1 aliphatic rings. The number of hydrogen-bond donors (Lipinski definition) is 3. The van der Waals surface area contributed by atoms with Crippen LogP contribution in [0.15, 0.2) is 23.9 Å². The van der Waals surface area contributed by atoms with Gasteiger partial charge in [0.05, 0.1) is 6.42 Å². The van der Waals surface area contributed by atoms with Crippen molar-refractivity contribution in [2.75, 3.05) is 6.54 Å². The Kier molecular flexibility index (Phi) is 3.52. The molecule has 0 bridgehead atoms. The minimum atomic E-state index is -0.840. The van der Waals surface area contributed by atoms with Gasteiger partial charge >= 0.3 is 5.97 Å². The summed E-state index contributed by atoms with van der Waals surface area (Å²) in [5, 5.41) is 11.5. The van der Waals surface area contributed by atoms with Crippen LogP contribution in [0.5, 0.6) is 0 Å². The number of nitrogens with two attached hydrogens (primary N) is 1. The molecule has 1 aliphatic heterocycles. The van der Waals surface area contributed by atoms with Gasteiger partial charge in [0, 0.05) is 12.6 Å². The number of carboxylic acids is 1. The Balaban J connectivity index is 2.34. The molecule has 1 heterocycles. The lowest BCUT2D eigenvalue weighted by atomic mass is 10.0. The highest BCUT2D eigenvalue weighted by atomic mass is 16.4. The first-order valence-electron chi connectivity index (χ1n) is 4.24. The molecule has 13 heavy (non-hydrogen) atoms. The Hall–Kier alpha value is -1.29. The largest absolute Gasteiger partial charge is 0.481 e. The highest BCUT2D eigenvalue weighted by Gasteiger charge is 2.10. The molecular formula is C9H14N2O2. The van der Waals surface area contributed by atoms with Gasteiger partial charge in [-0.15, -0.1) is 0 Å². The normalized spacial score (nSPS) is 17.5. The molecule has 1 atom stereocenters. The Morgan fingerprint density at radius 2 is 2.54 bits per heavy atom. The molecule has 0 fully saturated rings. The Morgan fingerprint density at radius 3 is 3.08 bits per heavy atom. The summed E-state index contributed by atoms with van der Waals surface area (Å²) in [7, 11) is 0. The SMILES string of the molecule is N[C@@H](CC(=O)O)CC1=CC=CNC1. The van der Waals surface area contributed by atoms with Crippen LogP contribution in [-0.4, -0.2) is 23.7 Å². The number of aliphatic carboxylic acids is 1. The number of dihydropyridines is 1. The van der Waals surface area contributed by atoms with Crippen molar-refractivity contribution in [1.82, 2.24) is 5.32 Å². The van der Waals surface area contributed by atoms with Gasteiger partial charge in [-0.25, -0.2) is 0 Å². The lowest BCUT2D eigenvalue weighted by molar-refractivity contribution is -0.137. The van der Waals surface area contributed by atoms with Gasteiger partial charge in [-0.2, -0.15) is 0 Å². The first-order chi connectivity index (χ1) is 6.18. The van der Waals surface area contributed by atoms with E-state index in [-0.39, 0.29) is 12.5 Å². The smallest absolute Gasteiger partial charge is 0.304 e. The summed E-state index contributed by atoms with van der Waals surface area (Å²) >= 11 is 0. The highest BCUT2D eigenvalue weighted by molar-refractivity contribution is 5.67. The van der Waals surface area contributed by atoms with Crippen LogP contribution in [0.2, 0.25) is 0 Å². The maximum atomic E-state index is 10.3. The quantitative estimate of drug-likeness (QED) is 0.581. The van der Waals surface area contributed by atoms with Gasteiger partial charge in [-0.3, -0.25) is 4.79 Å². The van der Waals surface area contributed by atoms with Crippen LogP contribution in [0.1, 0.15) is 12.8 Å². The molecule has 4 nitrogen and oxygen atoms in total. The fourth-order valence-electron chi connectivity index (χ4n) is 1.27. The van der Waals surface area contributed by atoms with Crippen molar-refractivity contribution < 1.29 is 9.90 Å². The van der Waals surface area contributed by atoms with Gasteiger partial charge in [0.25, 0.3) is 0 Å². The van der Waals surface area contributed by atoms with E-state index in [9.17, 15) is 4.79 Å². The van der Waals surface area contributed by atoms with E-state index in [2.05, 4.69) is 5.32 Å². The number of carbonyl (C=O) groups is 1. The number of hydrogen-bond acceptors (Lipinski definition) is 3. The molecular weight excluding hydrogens is 168 g/mol. The molecule has 0 amide bonds. The van der Waals surface area contributed by atoms with E-state index < -0.39 is 5.97 Å². The Labute approximate surface area is 77.1 Å². The molecule has 72 valence electrons. The summed E-state index contributed by atoms with van der Waals surface area (Å²) in [6, 6.07) is -0.281. The van der Waals surface area contributed by atoms with Crippen LogP contribution in [0, 0.1) is 0 Å². The van der Waals surface area contributed by atoms with Gasteiger partial charge < -0.3 is 16.2 Å². The van der Waals surface area contributed by atoms with E-state index in [4.69, 9.17) is 10.8 Å². The molecule has 4 heteroatoms. The Bertz CT molecular complexity index is 246. The van der Waals surface area contributed by atoms with Crippen molar-refractivity contribution in [3.05, 3.63) is 23.9 Å². The number of rotatable bonds is 4. The van der Waals surface area contributed by atoms with Crippen molar-refractivity contribution >= 4 is 5.97 Å². The third-order valence-corrected chi connectivity index (χ3v) is 1.84. The fraction of sp³-hybridized carbons (Fsp3) is 0.444. The molecule has 0 saturated carbocycles. The predicted octanol–water partition coefficient (Wildman–Crippen LogP) is 0.222. The van der Waals surface area contributed by atoms with Gasteiger partial charge in [0.2, 0.25) is 0 Å². The summed E-state index contributed by atoms with van der Waals surface area (Å²) in [6.45, 7) is 0.768. The van der Waals surface area contributed by atoms with E-state index in [1.54, 1.807) is 0 Å². The number of nitrogens with one attached hydrogen (secondary N) is 1. The van der Waals surface area contributed by atoms with E-state index in [0.29, 0.717) is 6.42 Å². The van der Waals surface area contributed by atoms with E-state index in [0.717, 1.165) is 12.1 Å². The summed E-state index contributed by atoms with van der Waals surface area (Å²) in [5.41, 5.74) is 6.78. The molecule has 0 aromatic carbocycles. The predicted molar refractivity (Wildman–Crippen MR) is 50.1 cm³/mol. The molecule has 0 aromatic rings. The third-order valence-electron chi connectivity index (χ3n) is 1.84. The van der Waals surface area contributed by atoms with Crippen LogP contribution in [0.4, 0.5) is 0 Å². The fourth-order valence-corrected chi connectivity index (χ4v) is 1.27. The third kappa shape index (κ3) is 3.75. The zero-order chi connectivity index (χ0) is 9.68.